The van der Waals surface area contributed by atoms with Gasteiger partial charge in [0.15, 0.2) is 0 Å². The SMILES string of the molecule is CCCCOc1ccc(CC(CN)c2cccc(OCC)c2)cc1. The van der Waals surface area contributed by atoms with E-state index in [1.807, 2.05) is 19.1 Å². The van der Waals surface area contributed by atoms with E-state index in [4.69, 9.17) is 15.2 Å². The highest BCUT2D eigenvalue weighted by atomic mass is 16.5. The van der Waals surface area contributed by atoms with Gasteiger partial charge in [0.2, 0.25) is 0 Å². The molecule has 0 saturated heterocycles. The molecule has 0 heterocycles. The Morgan fingerprint density at radius 2 is 1.75 bits per heavy atom. The van der Waals surface area contributed by atoms with Crippen LogP contribution in [0.5, 0.6) is 11.5 Å². The average Bonchev–Trinajstić information content (AvgIpc) is 2.62. The monoisotopic (exact) mass is 327 g/mol. The van der Waals surface area contributed by atoms with Gasteiger partial charge in [-0.1, -0.05) is 37.6 Å². The zero-order valence-electron chi connectivity index (χ0n) is 14.8. The summed E-state index contributed by atoms with van der Waals surface area (Å²) in [6.07, 6.45) is 3.16. The molecule has 3 heteroatoms. The third kappa shape index (κ3) is 5.57. The van der Waals surface area contributed by atoms with Gasteiger partial charge in [-0.25, -0.2) is 0 Å². The topological polar surface area (TPSA) is 44.5 Å². The molecule has 0 aliphatic carbocycles. The molecule has 24 heavy (non-hydrogen) atoms. The summed E-state index contributed by atoms with van der Waals surface area (Å²) in [5.41, 5.74) is 8.52. The summed E-state index contributed by atoms with van der Waals surface area (Å²) in [5, 5.41) is 0. The average molecular weight is 327 g/mol. The van der Waals surface area contributed by atoms with Crippen LogP contribution in [0.3, 0.4) is 0 Å². The summed E-state index contributed by atoms with van der Waals surface area (Å²) < 4.78 is 11.3. The Morgan fingerprint density at radius 3 is 2.42 bits per heavy atom. The van der Waals surface area contributed by atoms with Crippen LogP contribution in [0.1, 0.15) is 43.7 Å². The summed E-state index contributed by atoms with van der Waals surface area (Å²) >= 11 is 0. The molecule has 0 bridgehead atoms. The molecule has 0 spiro atoms. The fourth-order valence-electron chi connectivity index (χ4n) is 2.70. The van der Waals surface area contributed by atoms with Crippen molar-refractivity contribution in [2.45, 2.75) is 39.0 Å². The zero-order chi connectivity index (χ0) is 17.2. The van der Waals surface area contributed by atoms with Gasteiger partial charge in [0.1, 0.15) is 11.5 Å². The van der Waals surface area contributed by atoms with E-state index in [0.717, 1.165) is 37.4 Å². The number of ether oxygens (including phenoxy) is 2. The minimum absolute atomic E-state index is 0.289. The zero-order valence-corrected chi connectivity index (χ0v) is 14.8. The van der Waals surface area contributed by atoms with Gasteiger partial charge in [-0.3, -0.25) is 0 Å². The van der Waals surface area contributed by atoms with Crippen molar-refractivity contribution >= 4 is 0 Å². The van der Waals surface area contributed by atoms with Crippen molar-refractivity contribution in [3.05, 3.63) is 59.7 Å². The molecule has 0 aliphatic rings. The fraction of sp³-hybridized carbons (Fsp3) is 0.429. The van der Waals surface area contributed by atoms with E-state index >= 15 is 0 Å². The Hall–Kier alpha value is -2.00. The van der Waals surface area contributed by atoms with Gasteiger partial charge in [-0.05, 0) is 61.7 Å². The van der Waals surface area contributed by atoms with E-state index in [0.29, 0.717) is 13.2 Å². The van der Waals surface area contributed by atoms with E-state index in [1.165, 1.54) is 11.1 Å². The Kier molecular flexibility index (Phi) is 7.63. The van der Waals surface area contributed by atoms with E-state index in [2.05, 4.69) is 43.3 Å². The van der Waals surface area contributed by atoms with Gasteiger partial charge in [0.05, 0.1) is 13.2 Å². The molecule has 0 radical (unpaired) electrons. The van der Waals surface area contributed by atoms with Crippen molar-refractivity contribution in [3.63, 3.8) is 0 Å². The molecular weight excluding hydrogens is 298 g/mol. The van der Waals surface area contributed by atoms with E-state index < -0.39 is 0 Å². The highest BCUT2D eigenvalue weighted by molar-refractivity contribution is 5.34. The van der Waals surface area contributed by atoms with Gasteiger partial charge in [0.25, 0.3) is 0 Å². The molecule has 2 rings (SSSR count). The molecule has 0 aromatic heterocycles. The normalized spacial score (nSPS) is 12.0. The Balaban J connectivity index is 2.00. The Morgan fingerprint density at radius 1 is 0.958 bits per heavy atom. The van der Waals surface area contributed by atoms with Crippen molar-refractivity contribution in [1.29, 1.82) is 0 Å². The van der Waals surface area contributed by atoms with Crippen molar-refractivity contribution in [2.75, 3.05) is 19.8 Å². The molecule has 130 valence electrons. The molecule has 2 aromatic carbocycles. The van der Waals surface area contributed by atoms with Gasteiger partial charge in [-0.15, -0.1) is 0 Å². The molecule has 3 nitrogen and oxygen atoms in total. The minimum atomic E-state index is 0.289. The van der Waals surface area contributed by atoms with Gasteiger partial charge in [-0.2, -0.15) is 0 Å². The molecule has 0 fully saturated rings. The van der Waals surface area contributed by atoms with Crippen molar-refractivity contribution in [3.8, 4) is 11.5 Å². The number of rotatable bonds is 10. The molecule has 0 saturated carbocycles. The Bertz CT molecular complexity index is 595. The lowest BCUT2D eigenvalue weighted by Crippen LogP contribution is -2.15. The maximum absolute atomic E-state index is 6.02. The summed E-state index contributed by atoms with van der Waals surface area (Å²) in [4.78, 5) is 0. The summed E-state index contributed by atoms with van der Waals surface area (Å²) in [5.74, 6) is 2.14. The highest BCUT2D eigenvalue weighted by Gasteiger charge is 2.12. The largest absolute Gasteiger partial charge is 0.494 e. The fourth-order valence-corrected chi connectivity index (χ4v) is 2.70. The van der Waals surface area contributed by atoms with Crippen LogP contribution in [-0.4, -0.2) is 19.8 Å². The van der Waals surface area contributed by atoms with Gasteiger partial charge < -0.3 is 15.2 Å². The third-order valence-electron chi connectivity index (χ3n) is 4.10. The van der Waals surface area contributed by atoms with Crippen LogP contribution < -0.4 is 15.2 Å². The van der Waals surface area contributed by atoms with Crippen LogP contribution in [-0.2, 0) is 6.42 Å². The van der Waals surface area contributed by atoms with Crippen LogP contribution in [0.2, 0.25) is 0 Å². The van der Waals surface area contributed by atoms with Crippen molar-refractivity contribution in [2.24, 2.45) is 5.73 Å². The molecule has 2 N–H and O–H groups in total. The smallest absolute Gasteiger partial charge is 0.119 e. The van der Waals surface area contributed by atoms with Gasteiger partial charge >= 0.3 is 0 Å². The maximum atomic E-state index is 6.02. The van der Waals surface area contributed by atoms with Crippen LogP contribution in [0.15, 0.2) is 48.5 Å². The van der Waals surface area contributed by atoms with Crippen LogP contribution in [0.4, 0.5) is 0 Å². The van der Waals surface area contributed by atoms with E-state index in [1.54, 1.807) is 0 Å². The molecule has 2 aromatic rings. The predicted octanol–water partition coefficient (Wildman–Crippen LogP) is 4.55. The molecule has 1 unspecified atom stereocenters. The number of hydrogen-bond donors (Lipinski definition) is 1. The predicted molar refractivity (Wildman–Crippen MR) is 100.0 cm³/mol. The number of hydrogen-bond acceptors (Lipinski definition) is 3. The lowest BCUT2D eigenvalue weighted by Gasteiger charge is -2.17. The number of benzene rings is 2. The lowest BCUT2D eigenvalue weighted by atomic mass is 9.92. The van der Waals surface area contributed by atoms with Crippen LogP contribution in [0.25, 0.3) is 0 Å². The first-order valence-corrected chi connectivity index (χ1v) is 8.91. The third-order valence-corrected chi connectivity index (χ3v) is 4.10. The molecule has 0 aliphatic heterocycles. The standard InChI is InChI=1S/C21H29NO2/c1-3-5-13-24-20-11-9-17(10-12-20)14-19(16-22)18-7-6-8-21(15-18)23-4-2/h6-12,15,19H,3-5,13-14,16,22H2,1-2H3. The second-order valence-electron chi connectivity index (χ2n) is 5.99. The van der Waals surface area contributed by atoms with Crippen molar-refractivity contribution in [1.82, 2.24) is 0 Å². The summed E-state index contributed by atoms with van der Waals surface area (Å²) in [6.45, 7) is 6.24. The molecular formula is C21H29NO2. The maximum Gasteiger partial charge on any atom is 0.119 e. The number of unbranched alkanes of at least 4 members (excludes halogenated alkanes) is 1. The molecule has 1 atom stereocenters. The number of nitrogens with two attached hydrogens (primary N) is 1. The van der Waals surface area contributed by atoms with Crippen molar-refractivity contribution < 1.29 is 9.47 Å². The van der Waals surface area contributed by atoms with Gasteiger partial charge in [0, 0.05) is 5.92 Å². The summed E-state index contributed by atoms with van der Waals surface area (Å²) in [7, 11) is 0. The lowest BCUT2D eigenvalue weighted by molar-refractivity contribution is 0.309. The second-order valence-corrected chi connectivity index (χ2v) is 5.99. The quantitative estimate of drug-likeness (QED) is 0.651. The first kappa shape index (κ1) is 18.3. The second kappa shape index (κ2) is 9.99. The minimum Gasteiger partial charge on any atom is -0.494 e. The summed E-state index contributed by atoms with van der Waals surface area (Å²) in [6, 6.07) is 16.6. The first-order chi connectivity index (χ1) is 11.8. The van der Waals surface area contributed by atoms with Crippen LogP contribution >= 0.6 is 0 Å². The van der Waals surface area contributed by atoms with E-state index in [9.17, 15) is 0 Å². The Labute approximate surface area is 145 Å². The van der Waals surface area contributed by atoms with E-state index in [-0.39, 0.29) is 5.92 Å². The molecule has 0 amide bonds. The first-order valence-electron chi connectivity index (χ1n) is 8.91. The highest BCUT2D eigenvalue weighted by Crippen LogP contribution is 2.25. The van der Waals surface area contributed by atoms with Crippen LogP contribution in [0, 0.1) is 0 Å².